The van der Waals surface area contributed by atoms with E-state index in [2.05, 4.69) is 10.6 Å². The van der Waals surface area contributed by atoms with Crippen LogP contribution in [0.15, 0.2) is 48.5 Å². The Morgan fingerprint density at radius 3 is 2.23 bits per heavy atom. The largest absolute Gasteiger partial charge is 0.508 e. The number of benzene rings is 2. The molecule has 1 atom stereocenters. The minimum atomic E-state index is -0.947. The summed E-state index contributed by atoms with van der Waals surface area (Å²) in [6.45, 7) is 2.73. The molecule has 2 rings (SSSR count). The summed E-state index contributed by atoms with van der Waals surface area (Å²) in [6.07, 6.45) is 0.163. The highest BCUT2D eigenvalue weighted by molar-refractivity contribution is 5.97. The molecule has 0 fully saturated rings. The van der Waals surface area contributed by atoms with Gasteiger partial charge in [0, 0.05) is 18.9 Å². The van der Waals surface area contributed by atoms with Crippen molar-refractivity contribution in [2.45, 2.75) is 26.3 Å². The predicted molar refractivity (Wildman–Crippen MR) is 110 cm³/mol. The quantitative estimate of drug-likeness (QED) is 0.406. The highest BCUT2D eigenvalue weighted by Crippen LogP contribution is 2.13. The molecule has 2 aromatic carbocycles. The summed E-state index contributed by atoms with van der Waals surface area (Å²) < 4.78 is 9.90. The third kappa shape index (κ3) is 7.81. The first kappa shape index (κ1) is 23.4. The lowest BCUT2D eigenvalue weighted by molar-refractivity contribution is -0.147. The van der Waals surface area contributed by atoms with Gasteiger partial charge in [-0.3, -0.25) is 14.4 Å². The molecule has 9 heteroatoms. The molecule has 0 aromatic heterocycles. The lowest BCUT2D eigenvalue weighted by atomic mass is 10.1. The van der Waals surface area contributed by atoms with Gasteiger partial charge in [-0.15, -0.1) is 0 Å². The molecule has 0 saturated heterocycles. The number of hydrogen-bond acceptors (Lipinski definition) is 7. The Kier molecular flexibility index (Phi) is 8.56. The average Bonchev–Trinajstić information content (AvgIpc) is 2.73. The number of phenols is 1. The number of phenolic OH excluding ortho intramolecular Hbond substituents is 1. The van der Waals surface area contributed by atoms with Gasteiger partial charge in [-0.2, -0.15) is 0 Å². The van der Waals surface area contributed by atoms with Gasteiger partial charge in [0.25, 0.3) is 5.91 Å². The predicted octanol–water partition coefficient (Wildman–Crippen LogP) is 1.34. The fourth-order valence-electron chi connectivity index (χ4n) is 2.65. The van der Waals surface area contributed by atoms with Crippen molar-refractivity contribution in [1.82, 2.24) is 10.6 Å². The van der Waals surface area contributed by atoms with E-state index in [1.807, 2.05) is 0 Å². The minimum absolute atomic E-state index is 0.0871. The molecule has 164 valence electrons. The maximum absolute atomic E-state index is 12.3. The Balaban J connectivity index is 1.93. The van der Waals surface area contributed by atoms with E-state index in [0.29, 0.717) is 11.3 Å². The van der Waals surface area contributed by atoms with E-state index in [1.54, 1.807) is 19.1 Å². The van der Waals surface area contributed by atoms with Crippen LogP contribution in [0.1, 0.15) is 29.8 Å². The van der Waals surface area contributed by atoms with Crippen LogP contribution >= 0.6 is 0 Å². The second kappa shape index (κ2) is 11.3. The van der Waals surface area contributed by atoms with Crippen molar-refractivity contribution in [2.24, 2.45) is 0 Å². The summed E-state index contributed by atoms with van der Waals surface area (Å²) in [5.74, 6) is -1.76. The SMILES string of the molecule is CCOC(=O)[C@H](Cc1ccc(O)cc1)NC(=O)CNC(=O)c1ccc(OC(C)=O)cc1. The summed E-state index contributed by atoms with van der Waals surface area (Å²) in [5, 5.41) is 14.4. The molecule has 0 aliphatic rings. The Morgan fingerprint density at radius 2 is 1.65 bits per heavy atom. The van der Waals surface area contributed by atoms with Crippen molar-refractivity contribution in [3.05, 3.63) is 59.7 Å². The summed E-state index contributed by atoms with van der Waals surface area (Å²) in [6, 6.07) is 11.1. The Hall–Kier alpha value is -3.88. The van der Waals surface area contributed by atoms with Crippen LogP contribution in [-0.4, -0.2) is 48.1 Å². The van der Waals surface area contributed by atoms with Crippen molar-refractivity contribution in [3.63, 3.8) is 0 Å². The van der Waals surface area contributed by atoms with Gasteiger partial charge in [0.15, 0.2) is 0 Å². The van der Waals surface area contributed by atoms with Crippen LogP contribution in [0.4, 0.5) is 0 Å². The molecule has 9 nitrogen and oxygen atoms in total. The first-order valence-electron chi connectivity index (χ1n) is 9.59. The summed E-state index contributed by atoms with van der Waals surface area (Å²) in [5.41, 5.74) is 0.989. The molecule has 0 spiro atoms. The van der Waals surface area contributed by atoms with E-state index in [9.17, 15) is 24.3 Å². The van der Waals surface area contributed by atoms with Crippen LogP contribution in [0.2, 0.25) is 0 Å². The molecule has 0 bridgehead atoms. The second-order valence-corrected chi connectivity index (χ2v) is 6.54. The third-order valence-corrected chi connectivity index (χ3v) is 4.07. The lowest BCUT2D eigenvalue weighted by Crippen LogP contribution is -2.47. The number of rotatable bonds is 9. The number of aromatic hydroxyl groups is 1. The van der Waals surface area contributed by atoms with Gasteiger partial charge in [0.2, 0.25) is 5.91 Å². The van der Waals surface area contributed by atoms with Crippen LogP contribution in [0.5, 0.6) is 11.5 Å². The summed E-state index contributed by atoms with van der Waals surface area (Å²) in [4.78, 5) is 47.6. The fraction of sp³-hybridized carbons (Fsp3) is 0.273. The Bertz CT molecular complexity index is 924. The molecule has 0 unspecified atom stereocenters. The fourth-order valence-corrected chi connectivity index (χ4v) is 2.65. The molecule has 2 aromatic rings. The summed E-state index contributed by atoms with van der Waals surface area (Å²) >= 11 is 0. The van der Waals surface area contributed by atoms with Crippen LogP contribution in [0, 0.1) is 0 Å². The zero-order chi connectivity index (χ0) is 22.8. The van der Waals surface area contributed by atoms with E-state index in [0.717, 1.165) is 0 Å². The van der Waals surface area contributed by atoms with Gasteiger partial charge in [-0.05, 0) is 48.9 Å². The van der Waals surface area contributed by atoms with Gasteiger partial charge in [0.05, 0.1) is 13.2 Å². The normalized spacial score (nSPS) is 11.2. The number of ether oxygens (including phenoxy) is 2. The van der Waals surface area contributed by atoms with Crippen LogP contribution in [-0.2, 0) is 25.5 Å². The van der Waals surface area contributed by atoms with E-state index >= 15 is 0 Å². The van der Waals surface area contributed by atoms with Crippen LogP contribution < -0.4 is 15.4 Å². The average molecular weight is 428 g/mol. The van der Waals surface area contributed by atoms with Crippen LogP contribution in [0.3, 0.4) is 0 Å². The van der Waals surface area contributed by atoms with Crippen molar-refractivity contribution in [2.75, 3.05) is 13.2 Å². The molecular formula is C22H24N2O7. The first-order valence-corrected chi connectivity index (χ1v) is 9.59. The molecule has 0 radical (unpaired) electrons. The molecule has 0 aliphatic heterocycles. The first-order chi connectivity index (χ1) is 14.8. The van der Waals surface area contributed by atoms with Gasteiger partial charge in [0.1, 0.15) is 17.5 Å². The third-order valence-electron chi connectivity index (χ3n) is 4.07. The maximum Gasteiger partial charge on any atom is 0.328 e. The number of carbonyl (C=O) groups excluding carboxylic acids is 4. The molecule has 0 heterocycles. The molecular weight excluding hydrogens is 404 g/mol. The second-order valence-electron chi connectivity index (χ2n) is 6.54. The topological polar surface area (TPSA) is 131 Å². The Labute approximate surface area is 179 Å². The van der Waals surface area contributed by atoms with Gasteiger partial charge in [-0.1, -0.05) is 12.1 Å². The summed E-state index contributed by atoms with van der Waals surface area (Å²) in [7, 11) is 0. The number of carbonyl (C=O) groups is 4. The van der Waals surface area contributed by atoms with Crippen molar-refractivity contribution in [1.29, 1.82) is 0 Å². The highest BCUT2D eigenvalue weighted by atomic mass is 16.5. The Morgan fingerprint density at radius 1 is 1.00 bits per heavy atom. The lowest BCUT2D eigenvalue weighted by Gasteiger charge is -2.18. The van der Waals surface area contributed by atoms with Crippen LogP contribution in [0.25, 0.3) is 0 Å². The molecule has 0 aliphatic carbocycles. The zero-order valence-corrected chi connectivity index (χ0v) is 17.2. The number of nitrogens with one attached hydrogen (secondary N) is 2. The van der Waals surface area contributed by atoms with Crippen molar-refractivity contribution in [3.8, 4) is 11.5 Å². The van der Waals surface area contributed by atoms with E-state index in [1.165, 1.54) is 43.3 Å². The minimum Gasteiger partial charge on any atom is -0.508 e. The molecule has 31 heavy (non-hydrogen) atoms. The van der Waals surface area contributed by atoms with E-state index in [4.69, 9.17) is 9.47 Å². The van der Waals surface area contributed by atoms with Gasteiger partial charge >= 0.3 is 11.9 Å². The number of amides is 2. The molecule has 3 N–H and O–H groups in total. The highest BCUT2D eigenvalue weighted by Gasteiger charge is 2.23. The smallest absolute Gasteiger partial charge is 0.328 e. The number of esters is 2. The number of hydrogen-bond donors (Lipinski definition) is 3. The monoisotopic (exact) mass is 428 g/mol. The van der Waals surface area contributed by atoms with E-state index < -0.39 is 29.8 Å². The zero-order valence-electron chi connectivity index (χ0n) is 17.2. The van der Waals surface area contributed by atoms with Gasteiger partial charge in [-0.25, -0.2) is 4.79 Å². The van der Waals surface area contributed by atoms with Gasteiger partial charge < -0.3 is 25.2 Å². The van der Waals surface area contributed by atoms with E-state index in [-0.39, 0.29) is 30.9 Å². The standard InChI is InChI=1S/C22H24N2O7/c1-3-30-22(29)19(12-15-4-8-17(26)9-5-15)24-20(27)13-23-21(28)16-6-10-18(11-7-16)31-14(2)25/h4-11,19,26H,3,12-13H2,1-2H3,(H,23,28)(H,24,27)/t19-/m0/s1. The molecule has 2 amide bonds. The van der Waals surface area contributed by atoms with Crippen molar-refractivity contribution < 1.29 is 33.8 Å². The van der Waals surface area contributed by atoms with Crippen molar-refractivity contribution >= 4 is 23.8 Å². The maximum atomic E-state index is 12.3. The molecule has 0 saturated carbocycles.